The summed E-state index contributed by atoms with van der Waals surface area (Å²) in [5.74, 6) is 0.499. The van der Waals surface area contributed by atoms with Crippen LogP contribution in [0.1, 0.15) is 12.8 Å². The Labute approximate surface area is 136 Å². The van der Waals surface area contributed by atoms with Crippen molar-refractivity contribution < 1.29 is 9.53 Å². The molecule has 1 aromatic carbocycles. The van der Waals surface area contributed by atoms with Gasteiger partial charge in [0.05, 0.1) is 29.2 Å². The number of nitrogens with zero attached hydrogens (tertiary/aromatic N) is 1. The number of nitrogens with one attached hydrogen (secondary N) is 1. The first-order valence-electron chi connectivity index (χ1n) is 7.28. The quantitative estimate of drug-likeness (QED) is 0.662. The number of aromatic nitrogens is 1. The number of hydrogen-bond donors (Lipinski definition) is 2. The van der Waals surface area contributed by atoms with E-state index in [0.717, 1.165) is 46.3 Å². The highest BCUT2D eigenvalue weighted by Crippen LogP contribution is 2.46. The number of nitrogens with two attached hydrogens (primary N) is 1. The molecule has 2 aliphatic rings. The molecular weight excluding hydrogens is 318 g/mol. The van der Waals surface area contributed by atoms with E-state index in [9.17, 15) is 4.79 Å². The summed E-state index contributed by atoms with van der Waals surface area (Å²) in [6.45, 7) is 1.73. The van der Waals surface area contributed by atoms with Crippen molar-refractivity contribution in [3.8, 4) is 0 Å². The number of anilines is 1. The van der Waals surface area contributed by atoms with E-state index in [1.54, 1.807) is 11.3 Å². The summed E-state index contributed by atoms with van der Waals surface area (Å²) in [5.41, 5.74) is 7.83. The lowest BCUT2D eigenvalue weighted by molar-refractivity contribution is -0.169. The fraction of sp³-hybridized carbons (Fsp3) is 0.467. The maximum absolute atomic E-state index is 12.0. The average Bonchev–Trinajstić information content (AvgIpc) is 2.79. The van der Waals surface area contributed by atoms with Crippen LogP contribution in [0.5, 0.6) is 0 Å². The zero-order valence-corrected chi connectivity index (χ0v) is 13.6. The lowest BCUT2D eigenvalue weighted by Gasteiger charge is -2.53. The molecule has 1 aromatic heterocycles. The van der Waals surface area contributed by atoms with Gasteiger partial charge in [0.2, 0.25) is 5.91 Å². The molecule has 5 nitrogen and oxygen atoms in total. The summed E-state index contributed by atoms with van der Waals surface area (Å²) >= 11 is 3.07. The van der Waals surface area contributed by atoms with E-state index in [2.05, 4.69) is 10.3 Å². The van der Waals surface area contributed by atoms with E-state index < -0.39 is 0 Å². The fourth-order valence-corrected chi connectivity index (χ4v) is 5.02. The Morgan fingerprint density at radius 2 is 2.32 bits per heavy atom. The van der Waals surface area contributed by atoms with Crippen LogP contribution in [0.25, 0.3) is 10.2 Å². The summed E-state index contributed by atoms with van der Waals surface area (Å²) in [6.07, 6.45) is 2.12. The molecule has 1 aliphatic carbocycles. The number of thioether (sulfide) groups is 1. The first kappa shape index (κ1) is 14.3. The van der Waals surface area contributed by atoms with E-state index in [0.29, 0.717) is 17.2 Å². The third-order valence-corrected chi connectivity index (χ3v) is 6.42. The van der Waals surface area contributed by atoms with E-state index in [1.165, 1.54) is 11.8 Å². The third-order valence-electron chi connectivity index (χ3n) is 4.26. The van der Waals surface area contributed by atoms with Gasteiger partial charge in [-0.3, -0.25) is 4.79 Å². The molecule has 1 amide bonds. The van der Waals surface area contributed by atoms with Crippen molar-refractivity contribution in [2.24, 2.45) is 5.41 Å². The first-order valence-corrected chi connectivity index (χ1v) is 9.08. The monoisotopic (exact) mass is 335 g/mol. The van der Waals surface area contributed by atoms with Gasteiger partial charge in [-0.25, -0.2) is 4.98 Å². The molecule has 1 saturated heterocycles. The molecule has 4 rings (SSSR count). The third kappa shape index (κ3) is 2.68. The van der Waals surface area contributed by atoms with Gasteiger partial charge >= 0.3 is 0 Å². The van der Waals surface area contributed by atoms with Crippen LogP contribution in [0.2, 0.25) is 0 Å². The van der Waals surface area contributed by atoms with Crippen molar-refractivity contribution >= 4 is 44.9 Å². The highest BCUT2D eigenvalue weighted by molar-refractivity contribution is 8.01. The Balaban J connectivity index is 1.29. The van der Waals surface area contributed by atoms with E-state index >= 15 is 0 Å². The lowest BCUT2D eigenvalue weighted by Crippen LogP contribution is -2.59. The number of hydrogen-bond acceptors (Lipinski definition) is 6. The van der Waals surface area contributed by atoms with Crippen molar-refractivity contribution in [2.45, 2.75) is 23.2 Å². The second kappa shape index (κ2) is 5.40. The zero-order chi connectivity index (χ0) is 15.2. The predicted octanol–water partition coefficient (Wildman–Crippen LogP) is 2.27. The second-order valence-corrected chi connectivity index (χ2v) is 8.41. The van der Waals surface area contributed by atoms with Crippen molar-refractivity contribution in [3.05, 3.63) is 18.2 Å². The molecule has 22 heavy (non-hydrogen) atoms. The largest absolute Gasteiger partial charge is 0.399 e. The van der Waals surface area contributed by atoms with Gasteiger partial charge in [0.25, 0.3) is 0 Å². The van der Waals surface area contributed by atoms with Crippen molar-refractivity contribution in [2.75, 3.05) is 24.7 Å². The lowest BCUT2D eigenvalue weighted by atomic mass is 9.64. The van der Waals surface area contributed by atoms with Gasteiger partial charge in [-0.1, -0.05) is 11.8 Å². The molecule has 2 fully saturated rings. The summed E-state index contributed by atoms with van der Waals surface area (Å²) in [5, 5.41) is 3.09. The Morgan fingerprint density at radius 3 is 3.05 bits per heavy atom. The van der Waals surface area contributed by atoms with Gasteiger partial charge in [-0.2, -0.15) is 0 Å². The molecule has 0 unspecified atom stereocenters. The van der Waals surface area contributed by atoms with Gasteiger partial charge in [0, 0.05) is 17.1 Å². The molecular formula is C15H17N3O2S2. The zero-order valence-electron chi connectivity index (χ0n) is 12.0. The van der Waals surface area contributed by atoms with Crippen LogP contribution in [-0.4, -0.2) is 35.9 Å². The second-order valence-electron chi connectivity index (χ2n) is 6.16. The molecule has 2 aromatic rings. The molecule has 0 radical (unpaired) electrons. The molecule has 0 bridgehead atoms. The fourth-order valence-electron chi connectivity index (χ4n) is 3.09. The number of carbonyl (C=O) groups is 1. The van der Waals surface area contributed by atoms with Crippen LogP contribution in [0.3, 0.4) is 0 Å². The minimum Gasteiger partial charge on any atom is -0.399 e. The SMILES string of the molecule is Nc1ccc2nc(SCC(=O)NC3CC4(COC4)C3)sc2c1. The van der Waals surface area contributed by atoms with E-state index in [1.807, 2.05) is 18.2 Å². The van der Waals surface area contributed by atoms with E-state index in [4.69, 9.17) is 10.5 Å². The minimum absolute atomic E-state index is 0.0869. The van der Waals surface area contributed by atoms with Crippen LogP contribution in [-0.2, 0) is 9.53 Å². The Kier molecular flexibility index (Phi) is 3.51. The summed E-state index contributed by atoms with van der Waals surface area (Å²) in [4.78, 5) is 16.5. The Bertz CT molecular complexity index is 719. The van der Waals surface area contributed by atoms with Crippen LogP contribution < -0.4 is 11.1 Å². The Hall–Kier alpha value is -1.31. The van der Waals surface area contributed by atoms with Crippen molar-refractivity contribution in [1.82, 2.24) is 10.3 Å². The summed E-state index contributed by atoms with van der Waals surface area (Å²) in [7, 11) is 0. The number of fused-ring (bicyclic) bond motifs is 1. The molecule has 1 saturated carbocycles. The smallest absolute Gasteiger partial charge is 0.230 e. The number of nitrogen functional groups attached to an aromatic ring is 1. The minimum atomic E-state index is 0.0869. The van der Waals surface area contributed by atoms with Crippen molar-refractivity contribution in [3.63, 3.8) is 0 Å². The van der Waals surface area contributed by atoms with E-state index in [-0.39, 0.29) is 5.91 Å². The molecule has 1 aliphatic heterocycles. The van der Waals surface area contributed by atoms with Gasteiger partial charge < -0.3 is 15.8 Å². The maximum atomic E-state index is 12.0. The van der Waals surface area contributed by atoms with Gasteiger partial charge in [-0.05, 0) is 31.0 Å². The molecule has 1 spiro atoms. The van der Waals surface area contributed by atoms with Crippen LogP contribution in [0.4, 0.5) is 5.69 Å². The van der Waals surface area contributed by atoms with Crippen molar-refractivity contribution in [1.29, 1.82) is 0 Å². The molecule has 0 atom stereocenters. The maximum Gasteiger partial charge on any atom is 0.230 e. The highest BCUT2D eigenvalue weighted by Gasteiger charge is 2.50. The first-order chi connectivity index (χ1) is 10.6. The molecule has 7 heteroatoms. The highest BCUT2D eigenvalue weighted by atomic mass is 32.2. The summed E-state index contributed by atoms with van der Waals surface area (Å²) < 4.78 is 7.22. The van der Waals surface area contributed by atoms with Crippen LogP contribution in [0.15, 0.2) is 22.5 Å². The topological polar surface area (TPSA) is 77.2 Å². The number of benzene rings is 1. The number of carbonyl (C=O) groups excluding carboxylic acids is 1. The Morgan fingerprint density at radius 1 is 1.50 bits per heavy atom. The molecule has 3 N–H and O–H groups in total. The number of thiazole rings is 1. The van der Waals surface area contributed by atoms with Gasteiger partial charge in [-0.15, -0.1) is 11.3 Å². The van der Waals surface area contributed by atoms with Gasteiger partial charge in [0.15, 0.2) is 4.34 Å². The van der Waals surface area contributed by atoms with Crippen LogP contribution >= 0.6 is 23.1 Å². The predicted molar refractivity (Wildman–Crippen MR) is 89.2 cm³/mol. The number of rotatable bonds is 4. The summed E-state index contributed by atoms with van der Waals surface area (Å²) in [6, 6.07) is 6.01. The normalized spacial score (nSPS) is 19.8. The van der Waals surface area contributed by atoms with Gasteiger partial charge in [0.1, 0.15) is 0 Å². The molecule has 116 valence electrons. The van der Waals surface area contributed by atoms with Crippen LogP contribution in [0, 0.1) is 5.41 Å². The number of ether oxygens (including phenoxy) is 1. The average molecular weight is 335 g/mol. The standard InChI is InChI=1S/C15H17N3O2S2/c16-9-1-2-11-12(3-9)22-14(18-11)21-6-13(19)17-10-4-15(5-10)7-20-8-15/h1-3,10H,4-8,16H2,(H,17,19). The molecule has 2 heterocycles. The number of amides is 1.